The van der Waals surface area contributed by atoms with Gasteiger partial charge in [0, 0.05) is 32.1 Å². The summed E-state index contributed by atoms with van der Waals surface area (Å²) < 4.78 is 42.0. The number of nitrogens with zero attached hydrogens (tertiary/aromatic N) is 3. The highest BCUT2D eigenvalue weighted by Crippen LogP contribution is 2.39. The van der Waals surface area contributed by atoms with Gasteiger partial charge in [0.25, 0.3) is 5.91 Å². The molecule has 0 bridgehead atoms. The highest BCUT2D eigenvalue weighted by molar-refractivity contribution is 6.04. The first-order chi connectivity index (χ1) is 21.1. The monoisotopic (exact) mass is 607 g/mol. The number of anilines is 1. The number of hydrogen-bond donors (Lipinski definition) is 0. The van der Waals surface area contributed by atoms with Crippen LogP contribution in [0.5, 0.6) is 11.5 Å². The van der Waals surface area contributed by atoms with Crippen LogP contribution in [0.3, 0.4) is 0 Å². The minimum atomic E-state index is -3.00. The van der Waals surface area contributed by atoms with Crippen molar-refractivity contribution in [3.8, 4) is 11.5 Å². The standard InChI is InChI=1S/C33H35F2N3O6/c1-20-7-12-26(13-8-20)37(3)31(40)27-6-4-5-25(36-27)19-43-32(41)28-15-24(17-38(28)21(2)39)23-11-14-29(44-33(34)35)30(16-23)42-18-22-9-10-22/h4-8,11-14,16,22,24,28,33H,9-10,15,17-19H2,1-3H3/t24-,28-/m0/s1. The Kier molecular flexibility index (Phi) is 9.41. The molecular formula is C33H35F2N3O6. The molecule has 1 saturated heterocycles. The van der Waals surface area contributed by atoms with Crippen LogP contribution in [0.1, 0.15) is 59.4 Å². The quantitative estimate of drug-likeness (QED) is 0.265. The maximum absolute atomic E-state index is 13.2. The average molecular weight is 608 g/mol. The largest absolute Gasteiger partial charge is 0.489 e. The van der Waals surface area contributed by atoms with Gasteiger partial charge >= 0.3 is 12.6 Å². The van der Waals surface area contributed by atoms with Crippen molar-refractivity contribution in [1.29, 1.82) is 0 Å². The van der Waals surface area contributed by atoms with E-state index in [0.29, 0.717) is 18.2 Å². The van der Waals surface area contributed by atoms with Crippen LogP contribution >= 0.6 is 0 Å². The molecule has 1 aliphatic heterocycles. The number of carbonyl (C=O) groups excluding carboxylic acids is 3. The predicted octanol–water partition coefficient (Wildman–Crippen LogP) is 5.50. The van der Waals surface area contributed by atoms with E-state index in [-0.39, 0.29) is 54.5 Å². The molecule has 2 aliphatic rings. The van der Waals surface area contributed by atoms with Crippen LogP contribution in [-0.2, 0) is 20.9 Å². The molecule has 0 spiro atoms. The van der Waals surface area contributed by atoms with E-state index in [1.165, 1.54) is 22.8 Å². The fraction of sp³-hybridized carbons (Fsp3) is 0.394. The number of likely N-dealkylation sites (tertiary alicyclic amines) is 1. The second-order valence-corrected chi connectivity index (χ2v) is 11.3. The number of amides is 2. The molecule has 0 unspecified atom stereocenters. The number of rotatable bonds is 11. The van der Waals surface area contributed by atoms with Crippen molar-refractivity contribution in [3.05, 3.63) is 83.2 Å². The Balaban J connectivity index is 1.25. The molecule has 5 rings (SSSR count). The van der Waals surface area contributed by atoms with Gasteiger partial charge in [-0.1, -0.05) is 29.8 Å². The van der Waals surface area contributed by atoms with E-state index in [1.807, 2.05) is 31.2 Å². The lowest BCUT2D eigenvalue weighted by atomic mass is 9.96. The number of aryl methyl sites for hydroxylation is 1. The van der Waals surface area contributed by atoms with Gasteiger partial charge in [0.2, 0.25) is 5.91 Å². The van der Waals surface area contributed by atoms with Crippen LogP contribution in [0.4, 0.5) is 14.5 Å². The molecule has 232 valence electrons. The first kappa shape index (κ1) is 30.9. The van der Waals surface area contributed by atoms with E-state index < -0.39 is 18.6 Å². The van der Waals surface area contributed by atoms with E-state index >= 15 is 0 Å². The third-order valence-electron chi connectivity index (χ3n) is 7.92. The Bertz CT molecular complexity index is 1510. The summed E-state index contributed by atoms with van der Waals surface area (Å²) in [5, 5.41) is 0. The minimum Gasteiger partial charge on any atom is -0.489 e. The Labute approximate surface area is 254 Å². The molecule has 1 aromatic heterocycles. The van der Waals surface area contributed by atoms with Crippen LogP contribution in [0.15, 0.2) is 60.7 Å². The normalized spacial score (nSPS) is 17.8. The molecular weight excluding hydrogens is 572 g/mol. The summed E-state index contributed by atoms with van der Waals surface area (Å²) in [5.74, 6) is -0.892. The van der Waals surface area contributed by atoms with Gasteiger partial charge in [-0.3, -0.25) is 9.59 Å². The Hall–Kier alpha value is -4.54. The van der Waals surface area contributed by atoms with E-state index in [2.05, 4.69) is 9.72 Å². The van der Waals surface area contributed by atoms with E-state index in [9.17, 15) is 23.2 Å². The third kappa shape index (κ3) is 7.50. The fourth-order valence-corrected chi connectivity index (χ4v) is 5.20. The molecule has 0 N–H and O–H groups in total. The molecule has 1 aliphatic carbocycles. The highest BCUT2D eigenvalue weighted by Gasteiger charge is 2.40. The summed E-state index contributed by atoms with van der Waals surface area (Å²) in [6, 6.07) is 16.3. The lowest BCUT2D eigenvalue weighted by Gasteiger charge is -2.21. The third-order valence-corrected chi connectivity index (χ3v) is 7.92. The zero-order chi connectivity index (χ0) is 31.4. The summed E-state index contributed by atoms with van der Waals surface area (Å²) in [6.07, 6.45) is 2.35. The maximum atomic E-state index is 13.2. The molecule has 2 atom stereocenters. The molecule has 2 aromatic carbocycles. The first-order valence-electron chi connectivity index (χ1n) is 14.5. The maximum Gasteiger partial charge on any atom is 0.387 e. The van der Waals surface area contributed by atoms with E-state index in [1.54, 1.807) is 37.4 Å². The van der Waals surface area contributed by atoms with Crippen molar-refractivity contribution in [2.45, 2.75) is 58.3 Å². The van der Waals surface area contributed by atoms with Gasteiger partial charge in [0.15, 0.2) is 11.5 Å². The van der Waals surface area contributed by atoms with Crippen molar-refractivity contribution in [1.82, 2.24) is 9.88 Å². The van der Waals surface area contributed by atoms with Crippen molar-refractivity contribution >= 4 is 23.5 Å². The van der Waals surface area contributed by atoms with Gasteiger partial charge in [0.05, 0.1) is 12.3 Å². The van der Waals surface area contributed by atoms with Gasteiger partial charge in [-0.25, -0.2) is 9.78 Å². The number of hydrogen-bond acceptors (Lipinski definition) is 7. The van der Waals surface area contributed by atoms with Crippen molar-refractivity contribution in [2.24, 2.45) is 5.92 Å². The van der Waals surface area contributed by atoms with Crippen LogP contribution < -0.4 is 14.4 Å². The van der Waals surface area contributed by atoms with Crippen molar-refractivity contribution < 1.29 is 37.4 Å². The summed E-state index contributed by atoms with van der Waals surface area (Å²) in [5.41, 5.74) is 3.12. The smallest absolute Gasteiger partial charge is 0.387 e. The van der Waals surface area contributed by atoms with Gasteiger partial charge < -0.3 is 24.0 Å². The molecule has 2 heterocycles. The van der Waals surface area contributed by atoms with Crippen molar-refractivity contribution in [3.63, 3.8) is 0 Å². The lowest BCUT2D eigenvalue weighted by Crippen LogP contribution is -2.40. The molecule has 3 aromatic rings. The van der Waals surface area contributed by atoms with Crippen LogP contribution in [0.2, 0.25) is 0 Å². The summed E-state index contributed by atoms with van der Waals surface area (Å²) >= 11 is 0. The zero-order valence-electron chi connectivity index (χ0n) is 24.9. The van der Waals surface area contributed by atoms with Crippen LogP contribution in [0, 0.1) is 12.8 Å². The summed E-state index contributed by atoms with van der Waals surface area (Å²) in [4.78, 5) is 46.1. The number of esters is 1. The number of carbonyl (C=O) groups is 3. The van der Waals surface area contributed by atoms with E-state index in [0.717, 1.165) is 29.7 Å². The van der Waals surface area contributed by atoms with Gasteiger partial charge in [-0.05, 0) is 74.1 Å². The number of halogens is 2. The molecule has 1 saturated carbocycles. The molecule has 0 radical (unpaired) electrons. The average Bonchev–Trinajstić information content (AvgIpc) is 3.73. The lowest BCUT2D eigenvalue weighted by molar-refractivity contribution is -0.154. The number of aromatic nitrogens is 1. The molecule has 2 amide bonds. The fourth-order valence-electron chi connectivity index (χ4n) is 5.20. The summed E-state index contributed by atoms with van der Waals surface area (Å²) in [6.45, 7) is 0.829. The Morgan fingerprint density at radius 2 is 1.80 bits per heavy atom. The molecule has 2 fully saturated rings. The Morgan fingerprint density at radius 3 is 2.48 bits per heavy atom. The van der Waals surface area contributed by atoms with Crippen LogP contribution in [-0.4, -0.2) is 60.5 Å². The summed E-state index contributed by atoms with van der Waals surface area (Å²) in [7, 11) is 1.66. The number of ether oxygens (including phenoxy) is 3. The topological polar surface area (TPSA) is 98.3 Å². The molecule has 44 heavy (non-hydrogen) atoms. The van der Waals surface area contributed by atoms with Gasteiger partial charge in [-0.2, -0.15) is 8.78 Å². The highest BCUT2D eigenvalue weighted by atomic mass is 19.3. The van der Waals surface area contributed by atoms with E-state index in [4.69, 9.17) is 9.47 Å². The SMILES string of the molecule is CC(=O)N1C[C@@H](c2ccc(OC(F)F)c(OCC3CC3)c2)C[C@H]1C(=O)OCc1cccc(C(=O)N(C)c2ccc(C)cc2)n1. The second kappa shape index (κ2) is 13.4. The number of alkyl halides is 2. The van der Waals surface area contributed by atoms with Crippen LogP contribution in [0.25, 0.3) is 0 Å². The zero-order valence-corrected chi connectivity index (χ0v) is 24.9. The predicted molar refractivity (Wildman–Crippen MR) is 158 cm³/mol. The molecule has 9 nitrogen and oxygen atoms in total. The first-order valence-corrected chi connectivity index (χ1v) is 14.5. The van der Waals surface area contributed by atoms with Gasteiger partial charge in [0.1, 0.15) is 18.3 Å². The second-order valence-electron chi connectivity index (χ2n) is 11.3. The number of benzene rings is 2. The van der Waals surface area contributed by atoms with Gasteiger partial charge in [-0.15, -0.1) is 0 Å². The minimum absolute atomic E-state index is 0.0555. The van der Waals surface area contributed by atoms with Crippen molar-refractivity contribution in [2.75, 3.05) is 25.1 Å². The molecule has 11 heteroatoms. The Morgan fingerprint density at radius 1 is 1.05 bits per heavy atom. The number of pyridine rings is 1.